The Bertz CT molecular complexity index is 1050. The highest BCUT2D eigenvalue weighted by Crippen LogP contribution is 2.28. The molecule has 1 N–H and O–H groups in total. The van der Waals surface area contributed by atoms with Crippen molar-refractivity contribution in [3.05, 3.63) is 41.9 Å². The molecule has 9 nitrogen and oxygen atoms in total. The van der Waals surface area contributed by atoms with Crippen molar-refractivity contribution in [3.8, 4) is 6.07 Å². The van der Waals surface area contributed by atoms with Gasteiger partial charge in [-0.3, -0.25) is 4.79 Å². The number of carbonyl (C=O) groups is 1. The van der Waals surface area contributed by atoms with E-state index in [4.69, 9.17) is 4.42 Å². The van der Waals surface area contributed by atoms with Gasteiger partial charge in [0, 0.05) is 38.8 Å². The fourth-order valence-electron chi connectivity index (χ4n) is 3.04. The summed E-state index contributed by atoms with van der Waals surface area (Å²) in [5, 5.41) is 21.3. The first-order valence-electron chi connectivity index (χ1n) is 9.31. The Morgan fingerprint density at radius 1 is 1.27 bits per heavy atom. The fourth-order valence-corrected chi connectivity index (χ4v) is 4.72. The molecule has 3 aromatic rings. The third-order valence-corrected chi connectivity index (χ3v) is 6.45. The quantitative estimate of drug-likeness (QED) is 0.577. The van der Waals surface area contributed by atoms with Gasteiger partial charge >= 0.3 is 0 Å². The molecule has 1 saturated heterocycles. The Balaban J connectivity index is 1.26. The summed E-state index contributed by atoms with van der Waals surface area (Å²) in [4.78, 5) is 20.4. The molecule has 0 spiro atoms. The number of oxazole rings is 1. The van der Waals surface area contributed by atoms with E-state index in [1.807, 2.05) is 40.1 Å². The first-order chi connectivity index (χ1) is 14.6. The lowest BCUT2D eigenvalue weighted by molar-refractivity contribution is -0.128. The molecule has 0 saturated carbocycles. The Morgan fingerprint density at radius 3 is 2.77 bits per heavy atom. The molecule has 4 rings (SSSR count). The number of aryl methyl sites for hydroxylation is 1. The third kappa shape index (κ3) is 4.72. The summed E-state index contributed by atoms with van der Waals surface area (Å²) >= 11 is 2.81. The van der Waals surface area contributed by atoms with E-state index in [0.717, 1.165) is 10.0 Å². The second-order valence-corrected chi connectivity index (χ2v) is 8.72. The second-order valence-electron chi connectivity index (χ2n) is 6.52. The fraction of sp³-hybridized carbons (Fsp3) is 0.316. The highest BCUT2D eigenvalue weighted by molar-refractivity contribution is 8.01. The number of anilines is 3. The molecule has 1 fully saturated rings. The number of thioether (sulfide) groups is 1. The number of benzene rings is 1. The molecule has 2 aromatic heterocycles. The maximum atomic E-state index is 12.6. The number of nitrogens with one attached hydrogen (secondary N) is 1. The smallest absolute Gasteiger partial charge is 0.234 e. The lowest BCUT2D eigenvalue weighted by Crippen LogP contribution is -2.49. The Kier molecular flexibility index (Phi) is 6.15. The standard InChI is InChI=1S/C19H19N7O2S2/c1-13-21-15(11-20)17(28-13)26-9-7-25(8-10-26)16(27)12-29-19-24-23-18(30-19)22-14-5-3-2-4-6-14/h2-6H,7-10,12H2,1H3,(H,22,23). The van der Waals surface area contributed by atoms with Crippen LogP contribution in [0.15, 0.2) is 39.1 Å². The number of para-hydroxylation sites is 1. The molecule has 1 aromatic carbocycles. The number of rotatable bonds is 6. The number of hydrogen-bond donors (Lipinski definition) is 1. The topological polar surface area (TPSA) is 111 Å². The Hall–Kier alpha value is -3.10. The Morgan fingerprint density at radius 2 is 2.03 bits per heavy atom. The molecule has 0 unspecified atom stereocenters. The van der Waals surface area contributed by atoms with E-state index in [9.17, 15) is 10.1 Å². The molecule has 154 valence electrons. The maximum absolute atomic E-state index is 12.6. The number of nitrogens with zero attached hydrogens (tertiary/aromatic N) is 6. The molecule has 1 aliphatic rings. The van der Waals surface area contributed by atoms with Gasteiger partial charge in [0.15, 0.2) is 10.2 Å². The summed E-state index contributed by atoms with van der Waals surface area (Å²) in [5.74, 6) is 1.32. The number of nitriles is 1. The van der Waals surface area contributed by atoms with Crippen molar-refractivity contribution in [1.82, 2.24) is 20.1 Å². The molecular formula is C19H19N7O2S2. The SMILES string of the molecule is Cc1nc(C#N)c(N2CCN(C(=O)CSc3nnc(Nc4ccccc4)s3)CC2)o1. The van der Waals surface area contributed by atoms with E-state index in [1.165, 1.54) is 23.1 Å². The summed E-state index contributed by atoms with van der Waals surface area (Å²) < 4.78 is 6.30. The normalized spacial score (nSPS) is 13.9. The number of carbonyl (C=O) groups excluding carboxylic acids is 1. The predicted octanol–water partition coefficient (Wildman–Crippen LogP) is 2.89. The van der Waals surface area contributed by atoms with Crippen LogP contribution in [0.25, 0.3) is 0 Å². The van der Waals surface area contributed by atoms with Gasteiger partial charge in [0.1, 0.15) is 6.07 Å². The van der Waals surface area contributed by atoms with Crippen molar-refractivity contribution in [1.29, 1.82) is 5.26 Å². The summed E-state index contributed by atoms with van der Waals surface area (Å²) in [6.07, 6.45) is 0. The molecule has 30 heavy (non-hydrogen) atoms. The first-order valence-corrected chi connectivity index (χ1v) is 11.1. The van der Waals surface area contributed by atoms with Gasteiger partial charge in [0.05, 0.1) is 5.75 Å². The number of aromatic nitrogens is 3. The van der Waals surface area contributed by atoms with Crippen LogP contribution in [0.5, 0.6) is 0 Å². The number of hydrogen-bond acceptors (Lipinski definition) is 10. The van der Waals surface area contributed by atoms with E-state index >= 15 is 0 Å². The summed E-state index contributed by atoms with van der Waals surface area (Å²) in [7, 11) is 0. The van der Waals surface area contributed by atoms with Crippen LogP contribution in [-0.2, 0) is 4.79 Å². The minimum absolute atomic E-state index is 0.0571. The largest absolute Gasteiger partial charge is 0.424 e. The van der Waals surface area contributed by atoms with Crippen LogP contribution in [0.1, 0.15) is 11.6 Å². The van der Waals surface area contributed by atoms with Gasteiger partial charge in [-0.05, 0) is 12.1 Å². The van der Waals surface area contributed by atoms with Gasteiger partial charge in [-0.1, -0.05) is 41.3 Å². The van der Waals surface area contributed by atoms with Crippen molar-refractivity contribution in [2.75, 3.05) is 42.1 Å². The van der Waals surface area contributed by atoms with Crippen molar-refractivity contribution < 1.29 is 9.21 Å². The van der Waals surface area contributed by atoms with Gasteiger partial charge < -0.3 is 19.5 Å². The van der Waals surface area contributed by atoms with Crippen LogP contribution < -0.4 is 10.2 Å². The zero-order chi connectivity index (χ0) is 20.9. The molecule has 0 radical (unpaired) electrons. The monoisotopic (exact) mass is 441 g/mol. The van der Waals surface area contributed by atoms with Gasteiger partial charge in [0.25, 0.3) is 0 Å². The van der Waals surface area contributed by atoms with E-state index in [-0.39, 0.29) is 5.91 Å². The van der Waals surface area contributed by atoms with Gasteiger partial charge in [-0.25, -0.2) is 4.98 Å². The van der Waals surface area contributed by atoms with Gasteiger partial charge in [-0.15, -0.1) is 10.2 Å². The first kappa shape index (κ1) is 20.2. The molecule has 1 amide bonds. The zero-order valence-electron chi connectivity index (χ0n) is 16.2. The predicted molar refractivity (Wildman–Crippen MR) is 115 cm³/mol. The van der Waals surface area contributed by atoms with Gasteiger partial charge in [-0.2, -0.15) is 5.26 Å². The summed E-state index contributed by atoms with van der Waals surface area (Å²) in [6, 6.07) is 11.8. The maximum Gasteiger partial charge on any atom is 0.234 e. The third-order valence-electron chi connectivity index (χ3n) is 4.49. The van der Waals surface area contributed by atoms with Crippen LogP contribution >= 0.6 is 23.1 Å². The minimum Gasteiger partial charge on any atom is -0.424 e. The van der Waals surface area contributed by atoms with Crippen molar-refractivity contribution in [3.63, 3.8) is 0 Å². The zero-order valence-corrected chi connectivity index (χ0v) is 17.9. The minimum atomic E-state index is 0.0571. The highest BCUT2D eigenvalue weighted by Gasteiger charge is 2.25. The van der Waals surface area contributed by atoms with E-state index in [0.29, 0.717) is 54.5 Å². The van der Waals surface area contributed by atoms with Crippen LogP contribution in [0.3, 0.4) is 0 Å². The van der Waals surface area contributed by atoms with Crippen LogP contribution in [-0.4, -0.2) is 57.9 Å². The lowest BCUT2D eigenvalue weighted by Gasteiger charge is -2.34. The Labute approximate surface area is 181 Å². The van der Waals surface area contributed by atoms with Crippen LogP contribution in [0, 0.1) is 18.3 Å². The molecular weight excluding hydrogens is 422 g/mol. The molecule has 0 bridgehead atoms. The summed E-state index contributed by atoms with van der Waals surface area (Å²) in [6.45, 7) is 4.06. The van der Waals surface area contributed by atoms with E-state index in [1.54, 1.807) is 6.92 Å². The highest BCUT2D eigenvalue weighted by atomic mass is 32.2. The molecule has 11 heteroatoms. The average molecular weight is 442 g/mol. The van der Waals surface area contributed by atoms with E-state index < -0.39 is 0 Å². The van der Waals surface area contributed by atoms with Crippen LogP contribution in [0.2, 0.25) is 0 Å². The van der Waals surface area contributed by atoms with Crippen molar-refractivity contribution >= 4 is 45.7 Å². The van der Waals surface area contributed by atoms with Crippen LogP contribution in [0.4, 0.5) is 16.7 Å². The number of piperazine rings is 1. The lowest BCUT2D eigenvalue weighted by atomic mass is 10.3. The van der Waals surface area contributed by atoms with E-state index in [2.05, 4.69) is 26.6 Å². The van der Waals surface area contributed by atoms with Gasteiger partial charge in [0.2, 0.25) is 22.6 Å². The molecule has 3 heterocycles. The number of amides is 1. The average Bonchev–Trinajstić information content (AvgIpc) is 3.38. The second kappa shape index (κ2) is 9.15. The molecule has 0 atom stereocenters. The van der Waals surface area contributed by atoms with Crippen molar-refractivity contribution in [2.24, 2.45) is 0 Å². The molecule has 0 aliphatic carbocycles. The van der Waals surface area contributed by atoms with Crippen molar-refractivity contribution in [2.45, 2.75) is 11.3 Å². The summed E-state index contributed by atoms with van der Waals surface area (Å²) in [5.41, 5.74) is 1.24. The molecule has 1 aliphatic heterocycles.